The zero-order chi connectivity index (χ0) is 15.0. The fraction of sp³-hybridized carbons (Fsp3) is 0.529. The van der Waals surface area contributed by atoms with Crippen LogP contribution in [0.15, 0.2) is 18.3 Å². The van der Waals surface area contributed by atoms with Gasteiger partial charge in [-0.15, -0.1) is 0 Å². The van der Waals surface area contributed by atoms with Gasteiger partial charge in [0, 0.05) is 30.3 Å². The molecule has 21 heavy (non-hydrogen) atoms. The number of nitrogens with zero attached hydrogens (tertiary/aromatic N) is 2. The van der Waals surface area contributed by atoms with Gasteiger partial charge in [0.25, 0.3) is 0 Å². The lowest BCUT2D eigenvalue weighted by Crippen LogP contribution is -2.39. The van der Waals surface area contributed by atoms with Crippen LogP contribution in [0.4, 0.5) is 0 Å². The van der Waals surface area contributed by atoms with Crippen LogP contribution in [0, 0.1) is 12.8 Å². The third kappa shape index (κ3) is 2.67. The number of hydrogen-bond donors (Lipinski definition) is 1. The van der Waals surface area contributed by atoms with E-state index in [1.54, 1.807) is 0 Å². The Balaban J connectivity index is 1.84. The van der Waals surface area contributed by atoms with Gasteiger partial charge in [-0.2, -0.15) is 0 Å². The van der Waals surface area contributed by atoms with Gasteiger partial charge in [0.1, 0.15) is 5.65 Å². The van der Waals surface area contributed by atoms with E-state index in [1.165, 1.54) is 11.3 Å². The maximum Gasteiger partial charge on any atom is 0.223 e. The molecular formula is C17H23N3O. The second-order valence-corrected chi connectivity index (χ2v) is 6.20. The molecule has 0 bridgehead atoms. The number of amides is 1. The number of carbonyl (C=O) groups excluding carboxylic acids is 1. The molecule has 1 aliphatic rings. The van der Waals surface area contributed by atoms with E-state index in [2.05, 4.69) is 48.8 Å². The Morgan fingerprint density at radius 2 is 2.38 bits per heavy atom. The lowest BCUT2D eigenvalue weighted by atomic mass is 9.89. The third-order valence-corrected chi connectivity index (χ3v) is 4.50. The summed E-state index contributed by atoms with van der Waals surface area (Å²) in [6.07, 6.45) is 5.64. The maximum absolute atomic E-state index is 12.3. The zero-order valence-electron chi connectivity index (χ0n) is 13.0. The van der Waals surface area contributed by atoms with Crippen molar-refractivity contribution in [3.05, 3.63) is 35.3 Å². The summed E-state index contributed by atoms with van der Waals surface area (Å²) in [5.41, 5.74) is 4.59. The summed E-state index contributed by atoms with van der Waals surface area (Å²) in [6, 6.07) is 4.45. The number of nitrogens with one attached hydrogen (secondary N) is 1. The minimum absolute atomic E-state index is 0.0766. The molecule has 112 valence electrons. The van der Waals surface area contributed by atoms with Crippen LogP contribution in [-0.2, 0) is 17.6 Å². The van der Waals surface area contributed by atoms with Crippen LogP contribution in [0.25, 0.3) is 5.65 Å². The van der Waals surface area contributed by atoms with E-state index in [4.69, 9.17) is 4.98 Å². The Morgan fingerprint density at radius 3 is 3.14 bits per heavy atom. The van der Waals surface area contributed by atoms with E-state index >= 15 is 0 Å². The molecule has 0 spiro atoms. The number of imidazole rings is 1. The highest BCUT2D eigenvalue weighted by Crippen LogP contribution is 2.27. The summed E-state index contributed by atoms with van der Waals surface area (Å²) < 4.78 is 2.14. The van der Waals surface area contributed by atoms with E-state index in [-0.39, 0.29) is 17.9 Å². The van der Waals surface area contributed by atoms with Gasteiger partial charge in [0.15, 0.2) is 0 Å². The van der Waals surface area contributed by atoms with Crippen molar-refractivity contribution < 1.29 is 4.79 Å². The van der Waals surface area contributed by atoms with Gasteiger partial charge in [-0.3, -0.25) is 4.79 Å². The Kier molecular flexibility index (Phi) is 3.70. The first-order chi connectivity index (χ1) is 10.1. The van der Waals surface area contributed by atoms with Crippen LogP contribution < -0.4 is 5.32 Å². The van der Waals surface area contributed by atoms with Gasteiger partial charge in [-0.25, -0.2) is 4.98 Å². The minimum atomic E-state index is 0.0766. The lowest BCUT2D eigenvalue weighted by Gasteiger charge is -2.23. The van der Waals surface area contributed by atoms with Crippen molar-refractivity contribution in [1.29, 1.82) is 0 Å². The van der Waals surface area contributed by atoms with Crippen LogP contribution >= 0.6 is 0 Å². The van der Waals surface area contributed by atoms with Gasteiger partial charge in [-0.05, 0) is 50.8 Å². The van der Waals surface area contributed by atoms with E-state index in [9.17, 15) is 4.79 Å². The first kappa shape index (κ1) is 14.1. The molecule has 0 saturated carbocycles. The van der Waals surface area contributed by atoms with Crippen molar-refractivity contribution in [2.75, 3.05) is 0 Å². The highest BCUT2D eigenvalue weighted by molar-refractivity contribution is 5.79. The van der Waals surface area contributed by atoms with E-state index < -0.39 is 0 Å². The molecule has 2 atom stereocenters. The number of rotatable bonds is 3. The fourth-order valence-electron chi connectivity index (χ4n) is 3.00. The van der Waals surface area contributed by atoms with E-state index in [0.717, 1.165) is 37.0 Å². The van der Waals surface area contributed by atoms with E-state index in [1.807, 2.05) is 0 Å². The Hall–Kier alpha value is -1.84. The van der Waals surface area contributed by atoms with Crippen molar-refractivity contribution in [1.82, 2.24) is 14.7 Å². The third-order valence-electron chi connectivity index (χ3n) is 4.50. The number of hydrogen-bond acceptors (Lipinski definition) is 2. The van der Waals surface area contributed by atoms with Crippen molar-refractivity contribution in [3.8, 4) is 0 Å². The van der Waals surface area contributed by atoms with Crippen molar-refractivity contribution >= 4 is 11.6 Å². The number of carbonyl (C=O) groups is 1. The number of aryl methyl sites for hydroxylation is 2. The molecule has 1 N–H and O–H groups in total. The highest BCUT2D eigenvalue weighted by atomic mass is 16.1. The molecule has 0 aromatic carbocycles. The van der Waals surface area contributed by atoms with Gasteiger partial charge in [0.2, 0.25) is 5.91 Å². The molecule has 1 amide bonds. The lowest BCUT2D eigenvalue weighted by molar-refractivity contribution is -0.126. The second-order valence-electron chi connectivity index (χ2n) is 6.20. The second kappa shape index (κ2) is 5.51. The van der Waals surface area contributed by atoms with Crippen LogP contribution in [0.5, 0.6) is 0 Å². The van der Waals surface area contributed by atoms with Crippen molar-refractivity contribution in [3.63, 3.8) is 0 Å². The topological polar surface area (TPSA) is 46.4 Å². The van der Waals surface area contributed by atoms with Gasteiger partial charge >= 0.3 is 0 Å². The predicted molar refractivity (Wildman–Crippen MR) is 83.3 cm³/mol. The summed E-state index contributed by atoms with van der Waals surface area (Å²) in [5.74, 6) is 0.268. The molecule has 3 rings (SSSR count). The van der Waals surface area contributed by atoms with E-state index in [0.29, 0.717) is 0 Å². The SMILES string of the molecule is CCC(C)NC(=O)C1CCc2nc3cc(C)ccn3c2C1. The van der Waals surface area contributed by atoms with Crippen LogP contribution in [0.2, 0.25) is 0 Å². The molecular weight excluding hydrogens is 262 g/mol. The van der Waals surface area contributed by atoms with Gasteiger partial charge < -0.3 is 9.72 Å². The summed E-state index contributed by atoms with van der Waals surface area (Å²) in [7, 11) is 0. The van der Waals surface area contributed by atoms with Crippen LogP contribution in [-0.4, -0.2) is 21.3 Å². The summed E-state index contributed by atoms with van der Waals surface area (Å²) in [6.45, 7) is 6.23. The average molecular weight is 285 g/mol. The normalized spacial score (nSPS) is 19.3. The van der Waals surface area contributed by atoms with Crippen molar-refractivity contribution in [2.24, 2.45) is 5.92 Å². The van der Waals surface area contributed by atoms with Gasteiger partial charge in [-0.1, -0.05) is 6.92 Å². The molecule has 4 heteroatoms. The maximum atomic E-state index is 12.3. The molecule has 4 nitrogen and oxygen atoms in total. The largest absolute Gasteiger partial charge is 0.353 e. The smallest absolute Gasteiger partial charge is 0.223 e. The minimum Gasteiger partial charge on any atom is -0.353 e. The zero-order valence-corrected chi connectivity index (χ0v) is 13.0. The quantitative estimate of drug-likeness (QED) is 0.942. The summed E-state index contributed by atoms with van der Waals surface area (Å²) in [5, 5.41) is 3.11. The number of aromatic nitrogens is 2. The van der Waals surface area contributed by atoms with Crippen LogP contribution in [0.3, 0.4) is 0 Å². The predicted octanol–water partition coefficient (Wildman–Crippen LogP) is 2.66. The molecule has 2 aromatic rings. The monoisotopic (exact) mass is 285 g/mol. The average Bonchev–Trinajstić information content (AvgIpc) is 2.83. The fourth-order valence-corrected chi connectivity index (χ4v) is 3.00. The molecule has 2 unspecified atom stereocenters. The molecule has 0 radical (unpaired) electrons. The van der Waals surface area contributed by atoms with Gasteiger partial charge in [0.05, 0.1) is 5.69 Å². The summed E-state index contributed by atoms with van der Waals surface area (Å²) in [4.78, 5) is 17.1. The molecule has 0 saturated heterocycles. The summed E-state index contributed by atoms with van der Waals surface area (Å²) >= 11 is 0. The number of fused-ring (bicyclic) bond motifs is 3. The first-order valence-electron chi connectivity index (χ1n) is 7.85. The molecule has 1 aliphatic carbocycles. The van der Waals surface area contributed by atoms with Crippen LogP contribution in [0.1, 0.15) is 43.6 Å². The Labute approximate surface area is 125 Å². The molecule has 2 aromatic heterocycles. The Bertz CT molecular complexity index is 674. The molecule has 0 aliphatic heterocycles. The standard InChI is InChI=1S/C17H23N3O/c1-4-12(3)18-17(21)13-5-6-14-15(10-13)20-8-7-11(2)9-16(20)19-14/h7-9,12-13H,4-6,10H2,1-3H3,(H,18,21). The number of pyridine rings is 1. The highest BCUT2D eigenvalue weighted by Gasteiger charge is 2.28. The van der Waals surface area contributed by atoms with Crippen molar-refractivity contribution in [2.45, 2.75) is 52.5 Å². The first-order valence-corrected chi connectivity index (χ1v) is 7.85. The Morgan fingerprint density at radius 1 is 1.57 bits per heavy atom. The molecule has 2 heterocycles. The molecule has 0 fully saturated rings.